The van der Waals surface area contributed by atoms with Crippen LogP contribution >= 0.6 is 0 Å². The summed E-state index contributed by atoms with van der Waals surface area (Å²) >= 11 is 0. The second-order valence-corrected chi connectivity index (χ2v) is 7.03. The van der Waals surface area contributed by atoms with Crippen molar-refractivity contribution in [1.29, 1.82) is 0 Å². The molecular formula is C13H17N5O2S. The average Bonchev–Trinajstić information content (AvgIpc) is 2.78. The Balaban J connectivity index is 2.00. The summed E-state index contributed by atoms with van der Waals surface area (Å²) in [5.41, 5.74) is 1.13. The van der Waals surface area contributed by atoms with Gasteiger partial charge in [-0.3, -0.25) is 4.72 Å². The lowest BCUT2D eigenvalue weighted by Crippen LogP contribution is -2.31. The van der Waals surface area contributed by atoms with Gasteiger partial charge in [-0.1, -0.05) is 30.3 Å². The number of hydrogen-bond acceptors (Lipinski definition) is 5. The molecule has 0 saturated carbocycles. The molecule has 0 aliphatic carbocycles. The van der Waals surface area contributed by atoms with E-state index in [1.54, 1.807) is 4.68 Å². The summed E-state index contributed by atoms with van der Waals surface area (Å²) in [5.74, 6) is 0.670. The molecule has 2 N–H and O–H groups in total. The Labute approximate surface area is 123 Å². The fourth-order valence-electron chi connectivity index (χ4n) is 2.51. The molecule has 0 radical (unpaired) electrons. The Bertz CT molecular complexity index is 741. The zero-order valence-electron chi connectivity index (χ0n) is 11.8. The number of hydrogen-bond donors (Lipinski definition) is 2. The number of sulfonamides is 1. The molecule has 0 bridgehead atoms. The maximum atomic E-state index is 11.3. The van der Waals surface area contributed by atoms with Crippen molar-refractivity contribution in [3.05, 3.63) is 35.9 Å². The number of rotatable bonds is 3. The van der Waals surface area contributed by atoms with Crippen LogP contribution in [0.2, 0.25) is 0 Å². The molecule has 2 aromatic rings. The average molecular weight is 307 g/mol. The lowest BCUT2D eigenvalue weighted by Gasteiger charge is -2.29. The number of aromatic nitrogens is 3. The maximum absolute atomic E-state index is 11.3. The van der Waals surface area contributed by atoms with Crippen molar-refractivity contribution < 1.29 is 8.42 Å². The lowest BCUT2D eigenvalue weighted by atomic mass is 9.99. The topological polar surface area (TPSA) is 88.9 Å². The fourth-order valence-corrected chi connectivity index (χ4v) is 2.93. The summed E-state index contributed by atoms with van der Waals surface area (Å²) in [5, 5.41) is 7.50. The van der Waals surface area contributed by atoms with Gasteiger partial charge in [-0.15, -0.1) is 5.10 Å². The Morgan fingerprint density at radius 1 is 1.33 bits per heavy atom. The van der Waals surface area contributed by atoms with Gasteiger partial charge in [0.25, 0.3) is 5.95 Å². The summed E-state index contributed by atoms with van der Waals surface area (Å²) < 4.78 is 26.7. The molecule has 0 spiro atoms. The molecule has 1 aliphatic heterocycles. The van der Waals surface area contributed by atoms with Gasteiger partial charge < -0.3 is 5.32 Å². The molecule has 21 heavy (non-hydrogen) atoms. The Hall–Kier alpha value is -2.09. The fraction of sp³-hybridized carbons (Fsp3) is 0.385. The third kappa shape index (κ3) is 2.99. The molecule has 1 aromatic heterocycles. The summed E-state index contributed by atoms with van der Waals surface area (Å²) in [6, 6.07) is 10.3. The van der Waals surface area contributed by atoms with E-state index in [9.17, 15) is 8.42 Å². The number of nitrogens with one attached hydrogen (secondary N) is 2. The van der Waals surface area contributed by atoms with E-state index in [0.717, 1.165) is 18.2 Å². The zero-order valence-corrected chi connectivity index (χ0v) is 12.6. The van der Waals surface area contributed by atoms with Crippen LogP contribution < -0.4 is 10.0 Å². The Morgan fingerprint density at radius 2 is 2.05 bits per heavy atom. The van der Waals surface area contributed by atoms with Crippen molar-refractivity contribution in [2.75, 3.05) is 16.3 Å². The van der Waals surface area contributed by atoms with Crippen LogP contribution in [0.25, 0.3) is 0 Å². The van der Waals surface area contributed by atoms with Gasteiger partial charge in [0.05, 0.1) is 12.3 Å². The molecule has 0 fully saturated rings. The standard InChI is InChI=1S/C13H17N5O2S/c1-9-8-11(10-6-4-3-5-7-10)18-13(14-9)15-12(16-18)17-21(2,19)20/h3-7,9,11H,8H2,1-2H3,(H2,14,15,16,17)/t9-,11-/m1/s1. The molecule has 112 valence electrons. The highest BCUT2D eigenvalue weighted by molar-refractivity contribution is 7.91. The van der Waals surface area contributed by atoms with Gasteiger partial charge in [0.1, 0.15) is 0 Å². The van der Waals surface area contributed by atoms with E-state index in [-0.39, 0.29) is 18.0 Å². The summed E-state index contributed by atoms with van der Waals surface area (Å²) in [6.07, 6.45) is 1.94. The van der Waals surface area contributed by atoms with E-state index >= 15 is 0 Å². The van der Waals surface area contributed by atoms with Crippen molar-refractivity contribution in [2.24, 2.45) is 0 Å². The van der Waals surface area contributed by atoms with Gasteiger partial charge in [-0.2, -0.15) is 4.98 Å². The highest BCUT2D eigenvalue weighted by Gasteiger charge is 2.28. The monoisotopic (exact) mass is 307 g/mol. The van der Waals surface area contributed by atoms with Crippen LogP contribution in [0.5, 0.6) is 0 Å². The minimum absolute atomic E-state index is 0.0417. The van der Waals surface area contributed by atoms with Crippen molar-refractivity contribution >= 4 is 21.9 Å². The summed E-state index contributed by atoms with van der Waals surface area (Å²) in [4.78, 5) is 4.21. The minimum atomic E-state index is -3.39. The quantitative estimate of drug-likeness (QED) is 0.896. The zero-order chi connectivity index (χ0) is 15.0. The van der Waals surface area contributed by atoms with E-state index in [1.807, 2.05) is 30.3 Å². The van der Waals surface area contributed by atoms with Crippen molar-refractivity contribution in [1.82, 2.24) is 14.8 Å². The normalized spacial score (nSPS) is 21.4. The third-order valence-electron chi connectivity index (χ3n) is 3.34. The van der Waals surface area contributed by atoms with Crippen molar-refractivity contribution in [3.8, 4) is 0 Å². The van der Waals surface area contributed by atoms with E-state index in [4.69, 9.17) is 0 Å². The van der Waals surface area contributed by atoms with E-state index in [2.05, 4.69) is 27.0 Å². The van der Waals surface area contributed by atoms with E-state index in [1.165, 1.54) is 0 Å². The number of anilines is 2. The molecule has 0 amide bonds. The molecular weight excluding hydrogens is 290 g/mol. The van der Waals surface area contributed by atoms with Crippen molar-refractivity contribution in [3.63, 3.8) is 0 Å². The lowest BCUT2D eigenvalue weighted by molar-refractivity contribution is 0.438. The first-order valence-electron chi connectivity index (χ1n) is 6.68. The second kappa shape index (κ2) is 5.03. The Kier molecular flexibility index (Phi) is 3.32. The smallest absolute Gasteiger partial charge is 0.257 e. The molecule has 2 atom stereocenters. The first kappa shape index (κ1) is 13.9. The predicted molar refractivity (Wildman–Crippen MR) is 80.8 cm³/mol. The Morgan fingerprint density at radius 3 is 2.71 bits per heavy atom. The van der Waals surface area contributed by atoms with Gasteiger partial charge in [-0.25, -0.2) is 13.1 Å². The molecule has 1 aliphatic rings. The number of nitrogens with zero attached hydrogens (tertiary/aromatic N) is 3. The van der Waals surface area contributed by atoms with E-state index < -0.39 is 10.0 Å². The summed E-state index contributed by atoms with van der Waals surface area (Å²) in [6.45, 7) is 2.07. The van der Waals surface area contributed by atoms with Gasteiger partial charge in [0.2, 0.25) is 16.0 Å². The molecule has 0 saturated heterocycles. The van der Waals surface area contributed by atoms with Crippen LogP contribution in [0.1, 0.15) is 24.9 Å². The number of fused-ring (bicyclic) bond motifs is 1. The first-order chi connectivity index (χ1) is 9.92. The third-order valence-corrected chi connectivity index (χ3v) is 3.89. The van der Waals surface area contributed by atoms with Crippen LogP contribution in [0.15, 0.2) is 30.3 Å². The van der Waals surface area contributed by atoms with Crippen LogP contribution in [-0.2, 0) is 10.0 Å². The van der Waals surface area contributed by atoms with Gasteiger partial charge in [0, 0.05) is 6.04 Å². The van der Waals surface area contributed by atoms with Crippen LogP contribution in [0.4, 0.5) is 11.9 Å². The van der Waals surface area contributed by atoms with E-state index in [0.29, 0.717) is 5.95 Å². The summed E-state index contributed by atoms with van der Waals surface area (Å²) in [7, 11) is -3.39. The molecule has 1 aromatic carbocycles. The maximum Gasteiger partial charge on any atom is 0.257 e. The van der Waals surface area contributed by atoms with Crippen LogP contribution in [0.3, 0.4) is 0 Å². The van der Waals surface area contributed by atoms with Gasteiger partial charge in [-0.05, 0) is 18.9 Å². The highest BCUT2D eigenvalue weighted by atomic mass is 32.2. The van der Waals surface area contributed by atoms with Crippen LogP contribution in [-0.4, -0.2) is 35.5 Å². The van der Waals surface area contributed by atoms with Crippen LogP contribution in [0, 0.1) is 0 Å². The predicted octanol–water partition coefficient (Wildman–Crippen LogP) is 1.44. The second-order valence-electron chi connectivity index (χ2n) is 5.29. The molecule has 7 nitrogen and oxygen atoms in total. The molecule has 8 heteroatoms. The van der Waals surface area contributed by atoms with Crippen molar-refractivity contribution in [2.45, 2.75) is 25.4 Å². The SMILES string of the molecule is C[C@@H]1C[C@H](c2ccccc2)n2nc(NS(C)(=O)=O)nc2N1. The highest BCUT2D eigenvalue weighted by Crippen LogP contribution is 2.31. The number of benzene rings is 1. The molecule has 3 rings (SSSR count). The van der Waals surface area contributed by atoms with Gasteiger partial charge >= 0.3 is 0 Å². The molecule has 2 heterocycles. The largest absolute Gasteiger partial charge is 0.352 e. The minimum Gasteiger partial charge on any atom is -0.352 e. The first-order valence-corrected chi connectivity index (χ1v) is 8.57. The molecule has 0 unspecified atom stereocenters. The van der Waals surface area contributed by atoms with Gasteiger partial charge in [0.15, 0.2) is 0 Å².